The van der Waals surface area contributed by atoms with Crippen molar-refractivity contribution in [1.82, 2.24) is 35.1 Å². The number of carbonyl (C=O) groups excluding carboxylic acids is 4. The molecule has 0 saturated carbocycles. The summed E-state index contributed by atoms with van der Waals surface area (Å²) in [7, 11) is 0. The van der Waals surface area contributed by atoms with Crippen molar-refractivity contribution in [3.63, 3.8) is 0 Å². The standard InChI is InChI=1S/C36H41ClN8O6/c1-36(2,3)51-34(48)38-18-19-45(30(26-16-10-11-17-27(26)37)33(47)42-25-14-8-5-9-15-25)28(46)20-44-23-41-29-31(39-22-40-32(29)44)43-35(49)50-21-24-12-6-4-7-13-24/h4,6-7,10-14,16-17,22-23,30H,5,8-9,15,18-21H2,1-3H3,(H,38,48)(H,42,47)(H,39,40,43,49). The number of rotatable bonds is 12. The molecule has 5 rings (SSSR count). The summed E-state index contributed by atoms with van der Waals surface area (Å²) >= 11 is 6.65. The highest BCUT2D eigenvalue weighted by molar-refractivity contribution is 6.31. The Morgan fingerprint density at radius 1 is 0.961 bits per heavy atom. The second-order valence-electron chi connectivity index (χ2n) is 12.9. The molecule has 3 N–H and O–H groups in total. The Kier molecular flexibility index (Phi) is 12.2. The van der Waals surface area contributed by atoms with Gasteiger partial charge in [-0.05, 0) is 58.1 Å². The lowest BCUT2D eigenvalue weighted by molar-refractivity contribution is -0.141. The molecule has 4 amide bonds. The van der Waals surface area contributed by atoms with E-state index in [0.29, 0.717) is 17.0 Å². The minimum atomic E-state index is -1.16. The summed E-state index contributed by atoms with van der Waals surface area (Å²) in [5.74, 6) is -0.842. The number of ether oxygens (including phenoxy) is 2. The van der Waals surface area contributed by atoms with Crippen molar-refractivity contribution < 1.29 is 28.7 Å². The highest BCUT2D eigenvalue weighted by atomic mass is 35.5. The number of halogens is 1. The lowest BCUT2D eigenvalue weighted by Gasteiger charge is -2.32. The van der Waals surface area contributed by atoms with Gasteiger partial charge in [0.2, 0.25) is 5.91 Å². The first-order valence-corrected chi connectivity index (χ1v) is 17.0. The fourth-order valence-electron chi connectivity index (χ4n) is 5.50. The van der Waals surface area contributed by atoms with Crippen LogP contribution >= 0.6 is 11.6 Å². The fourth-order valence-corrected chi connectivity index (χ4v) is 5.74. The molecule has 1 aliphatic carbocycles. The Balaban J connectivity index is 1.40. The van der Waals surface area contributed by atoms with Gasteiger partial charge in [-0.1, -0.05) is 66.2 Å². The monoisotopic (exact) mass is 716 g/mol. The molecular formula is C36H41ClN8O6. The molecule has 0 bridgehead atoms. The van der Waals surface area contributed by atoms with Crippen LogP contribution in [0, 0.1) is 0 Å². The Morgan fingerprint density at radius 2 is 1.73 bits per heavy atom. The Labute approximate surface area is 300 Å². The summed E-state index contributed by atoms with van der Waals surface area (Å²) in [6, 6.07) is 14.9. The summed E-state index contributed by atoms with van der Waals surface area (Å²) in [6.07, 6.45) is 6.71. The number of anilines is 1. The topological polar surface area (TPSA) is 170 Å². The van der Waals surface area contributed by atoms with Gasteiger partial charge >= 0.3 is 12.2 Å². The highest BCUT2D eigenvalue weighted by Crippen LogP contribution is 2.30. The van der Waals surface area contributed by atoms with E-state index in [4.69, 9.17) is 21.1 Å². The Morgan fingerprint density at radius 3 is 2.45 bits per heavy atom. The van der Waals surface area contributed by atoms with Crippen LogP contribution in [0.15, 0.2) is 79.0 Å². The molecule has 268 valence electrons. The molecule has 2 aromatic heterocycles. The van der Waals surface area contributed by atoms with Gasteiger partial charge in [0.05, 0.1) is 6.33 Å². The summed E-state index contributed by atoms with van der Waals surface area (Å²) in [5, 5.41) is 8.57. The zero-order valence-electron chi connectivity index (χ0n) is 28.7. The predicted molar refractivity (Wildman–Crippen MR) is 190 cm³/mol. The maximum Gasteiger partial charge on any atom is 0.413 e. The van der Waals surface area contributed by atoms with Crippen LogP contribution in [0.25, 0.3) is 11.2 Å². The van der Waals surface area contributed by atoms with Crippen LogP contribution < -0.4 is 16.0 Å². The molecule has 2 aromatic carbocycles. The van der Waals surface area contributed by atoms with Crippen LogP contribution in [0.3, 0.4) is 0 Å². The summed E-state index contributed by atoms with van der Waals surface area (Å²) < 4.78 is 12.2. The van der Waals surface area contributed by atoms with Crippen molar-refractivity contribution in [3.8, 4) is 0 Å². The zero-order valence-corrected chi connectivity index (χ0v) is 29.5. The number of aromatic nitrogens is 4. The van der Waals surface area contributed by atoms with Gasteiger partial charge in [-0.15, -0.1) is 0 Å². The van der Waals surface area contributed by atoms with Gasteiger partial charge in [0.25, 0.3) is 5.91 Å². The number of benzene rings is 2. The second-order valence-corrected chi connectivity index (χ2v) is 13.3. The van der Waals surface area contributed by atoms with Gasteiger partial charge in [0.1, 0.15) is 31.1 Å². The summed E-state index contributed by atoms with van der Waals surface area (Å²) in [6.45, 7) is 4.90. The largest absolute Gasteiger partial charge is 0.444 e. The van der Waals surface area contributed by atoms with E-state index in [1.165, 1.54) is 22.1 Å². The average Bonchev–Trinajstić information content (AvgIpc) is 3.51. The van der Waals surface area contributed by atoms with Crippen molar-refractivity contribution in [3.05, 3.63) is 95.2 Å². The van der Waals surface area contributed by atoms with Crippen LogP contribution in [0.5, 0.6) is 0 Å². The number of carbonyl (C=O) groups is 4. The third kappa shape index (κ3) is 10.3. The number of hydrogen-bond donors (Lipinski definition) is 3. The van der Waals surface area contributed by atoms with Crippen LogP contribution in [-0.4, -0.2) is 67.1 Å². The molecule has 0 radical (unpaired) electrons. The second kappa shape index (κ2) is 16.9. The van der Waals surface area contributed by atoms with E-state index in [-0.39, 0.29) is 43.2 Å². The number of nitrogens with one attached hydrogen (secondary N) is 3. The summed E-state index contributed by atoms with van der Waals surface area (Å²) in [4.78, 5) is 67.7. The molecule has 0 fully saturated rings. The number of allylic oxidation sites excluding steroid dienone is 2. The lowest BCUT2D eigenvalue weighted by atomic mass is 10.0. The van der Waals surface area contributed by atoms with Crippen molar-refractivity contribution in [2.45, 2.75) is 71.2 Å². The van der Waals surface area contributed by atoms with Gasteiger partial charge in [-0.3, -0.25) is 14.9 Å². The maximum absolute atomic E-state index is 14.3. The van der Waals surface area contributed by atoms with E-state index in [1.54, 1.807) is 45.0 Å². The lowest BCUT2D eigenvalue weighted by Crippen LogP contribution is -2.48. The van der Waals surface area contributed by atoms with Crippen molar-refractivity contribution in [2.75, 3.05) is 18.4 Å². The third-order valence-electron chi connectivity index (χ3n) is 7.82. The average molecular weight is 717 g/mol. The quantitative estimate of drug-likeness (QED) is 0.162. The predicted octanol–water partition coefficient (Wildman–Crippen LogP) is 5.90. The molecule has 51 heavy (non-hydrogen) atoms. The number of hydrogen-bond acceptors (Lipinski definition) is 9. The van der Waals surface area contributed by atoms with Gasteiger partial charge in [0, 0.05) is 29.4 Å². The van der Waals surface area contributed by atoms with E-state index >= 15 is 0 Å². The SMILES string of the molecule is CC(C)(C)OC(=O)NCCN(C(=O)Cn1cnc2c(NC(=O)OCc3ccccc3)ncnc21)C(C(=O)NC1=CCCCC1)c1ccccc1Cl. The van der Waals surface area contributed by atoms with Crippen LogP contribution in [-0.2, 0) is 32.2 Å². The molecule has 1 atom stereocenters. The molecule has 4 aromatic rings. The van der Waals surface area contributed by atoms with Crippen molar-refractivity contribution in [2.24, 2.45) is 0 Å². The van der Waals surface area contributed by atoms with Gasteiger partial charge in [-0.2, -0.15) is 0 Å². The van der Waals surface area contributed by atoms with Crippen LogP contribution in [0.4, 0.5) is 15.4 Å². The summed E-state index contributed by atoms with van der Waals surface area (Å²) in [5.41, 5.74) is 1.76. The zero-order chi connectivity index (χ0) is 36.4. The number of nitrogens with zero attached hydrogens (tertiary/aromatic N) is 5. The minimum Gasteiger partial charge on any atom is -0.444 e. The number of fused-ring (bicyclic) bond motifs is 1. The molecule has 1 aliphatic rings. The van der Waals surface area contributed by atoms with E-state index in [1.807, 2.05) is 36.4 Å². The number of alkyl carbamates (subject to hydrolysis) is 1. The van der Waals surface area contributed by atoms with E-state index < -0.39 is 35.6 Å². The van der Waals surface area contributed by atoms with Crippen molar-refractivity contribution >= 4 is 52.6 Å². The maximum atomic E-state index is 14.3. The molecule has 1 unspecified atom stereocenters. The van der Waals surface area contributed by atoms with Crippen LogP contribution in [0.2, 0.25) is 5.02 Å². The highest BCUT2D eigenvalue weighted by Gasteiger charge is 2.34. The smallest absolute Gasteiger partial charge is 0.413 e. The van der Waals surface area contributed by atoms with Crippen molar-refractivity contribution in [1.29, 1.82) is 0 Å². The first-order valence-electron chi connectivity index (χ1n) is 16.6. The molecule has 15 heteroatoms. The van der Waals surface area contributed by atoms with Crippen LogP contribution in [0.1, 0.15) is 63.6 Å². The van der Waals surface area contributed by atoms with E-state index in [9.17, 15) is 19.2 Å². The van der Waals surface area contributed by atoms with Gasteiger partial charge in [-0.25, -0.2) is 24.5 Å². The van der Waals surface area contributed by atoms with E-state index in [2.05, 4.69) is 30.9 Å². The molecule has 0 aliphatic heterocycles. The molecule has 2 heterocycles. The first kappa shape index (κ1) is 36.8. The molecular weight excluding hydrogens is 676 g/mol. The van der Waals surface area contributed by atoms with E-state index in [0.717, 1.165) is 30.5 Å². The molecule has 14 nitrogen and oxygen atoms in total. The Hall–Kier alpha value is -5.50. The fraction of sp³-hybridized carbons (Fsp3) is 0.361. The number of imidazole rings is 1. The number of amides is 4. The van der Waals surface area contributed by atoms with Gasteiger partial charge < -0.3 is 29.6 Å². The van der Waals surface area contributed by atoms with Gasteiger partial charge in [0.15, 0.2) is 17.0 Å². The molecule has 0 spiro atoms. The normalized spacial score (nSPS) is 13.5. The Bertz CT molecular complexity index is 1890. The molecule has 0 saturated heterocycles. The minimum absolute atomic E-state index is 0.0242. The first-order chi connectivity index (χ1) is 24.5. The third-order valence-corrected chi connectivity index (χ3v) is 8.16.